The van der Waals surface area contributed by atoms with Gasteiger partial charge < -0.3 is 4.90 Å². The maximum absolute atomic E-state index is 12.7. The van der Waals surface area contributed by atoms with Crippen molar-refractivity contribution in [3.63, 3.8) is 0 Å². The number of benzene rings is 1. The second-order valence-electron chi connectivity index (χ2n) is 8.71. The molecule has 0 spiro atoms. The van der Waals surface area contributed by atoms with E-state index in [2.05, 4.69) is 26.8 Å². The van der Waals surface area contributed by atoms with Crippen molar-refractivity contribution in [2.75, 3.05) is 13.1 Å². The minimum Gasteiger partial charge on any atom is -0.326 e. The van der Waals surface area contributed by atoms with Crippen molar-refractivity contribution in [3.05, 3.63) is 35.9 Å². The lowest BCUT2D eigenvalue weighted by molar-refractivity contribution is -0.906. The third kappa shape index (κ3) is 3.33. The monoisotopic (exact) mass is 311 g/mol. The Morgan fingerprint density at radius 1 is 1.30 bits per heavy atom. The quantitative estimate of drug-likeness (QED) is 0.928. The van der Waals surface area contributed by atoms with E-state index in [1.165, 1.54) is 24.2 Å². The molecule has 23 heavy (non-hydrogen) atoms. The number of rotatable bonds is 4. The van der Waals surface area contributed by atoms with Gasteiger partial charge in [0.1, 0.15) is 12.5 Å². The fraction of sp³-hybridized carbons (Fsp3) is 0.600. The average molecular weight is 311 g/mol. The number of carbonyl (C=O) groups is 1. The Morgan fingerprint density at radius 2 is 2.00 bits per heavy atom. The van der Waals surface area contributed by atoms with Gasteiger partial charge in [0.05, 0.1) is 18.7 Å². The number of hydrogen-bond donors (Lipinski definition) is 1. The van der Waals surface area contributed by atoms with Gasteiger partial charge in [-0.25, -0.2) is 0 Å². The average Bonchev–Trinajstić information content (AvgIpc) is 2.69. The molecular formula is C20H27N2O+. The molecule has 3 nitrogen and oxygen atoms in total. The summed E-state index contributed by atoms with van der Waals surface area (Å²) >= 11 is 0. The number of carbonyl (C=O) groups excluding carboxylic acids is 1. The first-order valence-corrected chi connectivity index (χ1v) is 8.64. The molecule has 2 bridgehead atoms. The molecule has 3 rings (SSSR count). The predicted molar refractivity (Wildman–Crippen MR) is 90.0 cm³/mol. The number of fused-ring (bicyclic) bond motifs is 2. The molecule has 0 amide bonds. The van der Waals surface area contributed by atoms with E-state index in [0.29, 0.717) is 23.4 Å². The molecule has 1 saturated carbocycles. The van der Waals surface area contributed by atoms with Gasteiger partial charge in [0, 0.05) is 18.3 Å². The number of quaternary nitrogens is 1. The van der Waals surface area contributed by atoms with Gasteiger partial charge in [-0.15, -0.1) is 0 Å². The fourth-order valence-electron chi connectivity index (χ4n) is 5.26. The normalized spacial score (nSPS) is 33.0. The van der Waals surface area contributed by atoms with Crippen LogP contribution in [0, 0.1) is 22.2 Å². The second kappa shape index (κ2) is 5.76. The molecule has 2 aliphatic rings. The lowest BCUT2D eigenvalue weighted by Crippen LogP contribution is -3.14. The van der Waals surface area contributed by atoms with Crippen molar-refractivity contribution in [2.45, 2.75) is 52.0 Å². The maximum Gasteiger partial charge on any atom is 0.208 e. The summed E-state index contributed by atoms with van der Waals surface area (Å²) in [5.74, 6) is -0.548. The van der Waals surface area contributed by atoms with Gasteiger partial charge in [-0.2, -0.15) is 5.26 Å². The molecule has 1 unspecified atom stereocenters. The molecule has 0 radical (unpaired) electrons. The summed E-state index contributed by atoms with van der Waals surface area (Å²) in [6.45, 7) is 8.63. The van der Waals surface area contributed by atoms with E-state index in [-0.39, 0.29) is 5.78 Å². The Balaban J connectivity index is 1.73. The van der Waals surface area contributed by atoms with Crippen LogP contribution in [0.2, 0.25) is 0 Å². The topological polar surface area (TPSA) is 45.3 Å². The standard InChI is InChI=1S/C20H26N2O/c1-19(2)9-16-10-20(3,13-19)14-22(16)12-18(23)17(11-21)15-7-5-4-6-8-15/h4-8,16-17H,9-10,12-14H2,1-3H3/p+1/t16-,17-,20-/m0/s1. The molecule has 3 heteroatoms. The van der Waals surface area contributed by atoms with E-state index in [4.69, 9.17) is 0 Å². The first-order chi connectivity index (χ1) is 10.8. The van der Waals surface area contributed by atoms with Crippen molar-refractivity contribution in [2.24, 2.45) is 10.8 Å². The highest BCUT2D eigenvalue weighted by molar-refractivity contribution is 5.89. The van der Waals surface area contributed by atoms with Crippen LogP contribution in [0.15, 0.2) is 30.3 Å². The van der Waals surface area contributed by atoms with Gasteiger partial charge in [0.15, 0.2) is 0 Å². The first kappa shape index (κ1) is 16.2. The smallest absolute Gasteiger partial charge is 0.208 e. The SMILES string of the molecule is CC1(C)C[C@H]2C[C@](C)(C[NH+]2CC(=O)[C@@H](C#N)c2ccccc2)C1. The predicted octanol–water partition coefficient (Wildman–Crippen LogP) is 2.35. The minimum atomic E-state index is -0.620. The first-order valence-electron chi connectivity index (χ1n) is 8.64. The Hall–Kier alpha value is -1.66. The number of nitriles is 1. The van der Waals surface area contributed by atoms with Gasteiger partial charge >= 0.3 is 0 Å². The van der Waals surface area contributed by atoms with E-state index in [1.54, 1.807) is 0 Å². The van der Waals surface area contributed by atoms with E-state index < -0.39 is 5.92 Å². The van der Waals surface area contributed by atoms with E-state index in [9.17, 15) is 10.1 Å². The zero-order chi connectivity index (χ0) is 16.7. The van der Waals surface area contributed by atoms with Crippen LogP contribution in [-0.4, -0.2) is 24.9 Å². The van der Waals surface area contributed by atoms with Gasteiger partial charge in [-0.05, 0) is 17.4 Å². The second-order valence-corrected chi connectivity index (χ2v) is 8.71. The van der Waals surface area contributed by atoms with E-state index >= 15 is 0 Å². The molecular weight excluding hydrogens is 284 g/mol. The van der Waals surface area contributed by atoms with Crippen LogP contribution in [0.4, 0.5) is 0 Å². The van der Waals surface area contributed by atoms with Gasteiger partial charge in [0.25, 0.3) is 0 Å². The largest absolute Gasteiger partial charge is 0.326 e. The summed E-state index contributed by atoms with van der Waals surface area (Å²) in [7, 11) is 0. The third-order valence-corrected chi connectivity index (χ3v) is 5.66. The minimum absolute atomic E-state index is 0.0719. The highest BCUT2D eigenvalue weighted by Gasteiger charge is 2.53. The lowest BCUT2D eigenvalue weighted by atomic mass is 9.65. The zero-order valence-electron chi connectivity index (χ0n) is 14.4. The molecule has 122 valence electrons. The van der Waals surface area contributed by atoms with E-state index in [1.807, 2.05) is 30.3 Å². The van der Waals surface area contributed by atoms with Crippen molar-refractivity contribution < 1.29 is 9.69 Å². The van der Waals surface area contributed by atoms with Crippen LogP contribution in [0.3, 0.4) is 0 Å². The van der Waals surface area contributed by atoms with Crippen LogP contribution in [0.1, 0.15) is 51.5 Å². The van der Waals surface area contributed by atoms with Crippen LogP contribution in [-0.2, 0) is 4.79 Å². The molecule has 1 saturated heterocycles. The molecule has 0 aromatic heterocycles. The molecule has 1 aliphatic heterocycles. The van der Waals surface area contributed by atoms with Crippen molar-refractivity contribution in [3.8, 4) is 6.07 Å². The number of Topliss-reactive ketones (excluding diaryl/α,β-unsaturated/α-hetero) is 1. The van der Waals surface area contributed by atoms with Crippen LogP contribution in [0.25, 0.3) is 0 Å². The number of likely N-dealkylation sites (tertiary alicyclic amines) is 1. The Bertz CT molecular complexity index is 631. The van der Waals surface area contributed by atoms with Gasteiger partial charge in [-0.1, -0.05) is 51.1 Å². The van der Waals surface area contributed by atoms with Gasteiger partial charge in [0.2, 0.25) is 5.78 Å². The Kier molecular flexibility index (Phi) is 4.06. The van der Waals surface area contributed by atoms with Crippen molar-refractivity contribution in [1.29, 1.82) is 5.26 Å². The van der Waals surface area contributed by atoms with Crippen LogP contribution in [0.5, 0.6) is 0 Å². The summed E-state index contributed by atoms with van der Waals surface area (Å²) in [5.41, 5.74) is 1.56. The summed E-state index contributed by atoms with van der Waals surface area (Å²) in [4.78, 5) is 14.1. The van der Waals surface area contributed by atoms with Crippen molar-refractivity contribution >= 4 is 5.78 Å². The highest BCUT2D eigenvalue weighted by Crippen LogP contribution is 2.47. The summed E-state index contributed by atoms with van der Waals surface area (Å²) in [6, 6.07) is 12.3. The van der Waals surface area contributed by atoms with Gasteiger partial charge in [-0.3, -0.25) is 4.79 Å². The van der Waals surface area contributed by atoms with Crippen molar-refractivity contribution in [1.82, 2.24) is 0 Å². The highest BCUT2D eigenvalue weighted by atomic mass is 16.1. The molecule has 1 aliphatic carbocycles. The summed E-state index contributed by atoms with van der Waals surface area (Å²) in [5, 5.41) is 9.46. The Morgan fingerprint density at radius 3 is 2.65 bits per heavy atom. The number of nitrogens with one attached hydrogen (secondary N) is 1. The summed E-state index contributed by atoms with van der Waals surface area (Å²) in [6.07, 6.45) is 3.66. The molecule has 4 atom stereocenters. The van der Waals surface area contributed by atoms with E-state index in [0.717, 1.165) is 12.1 Å². The number of hydrogen-bond acceptors (Lipinski definition) is 2. The number of ketones is 1. The summed E-state index contributed by atoms with van der Waals surface area (Å²) < 4.78 is 0. The molecule has 1 N–H and O–H groups in total. The molecule has 1 heterocycles. The zero-order valence-corrected chi connectivity index (χ0v) is 14.4. The van der Waals surface area contributed by atoms with Crippen LogP contribution >= 0.6 is 0 Å². The van der Waals surface area contributed by atoms with Crippen LogP contribution < -0.4 is 4.90 Å². The molecule has 1 aromatic rings. The Labute approximate surface area is 139 Å². The maximum atomic E-state index is 12.7. The third-order valence-electron chi connectivity index (χ3n) is 5.66. The lowest BCUT2D eigenvalue weighted by Gasteiger charge is -2.37. The number of nitrogens with zero attached hydrogens (tertiary/aromatic N) is 1. The molecule has 1 aromatic carbocycles. The fourth-order valence-corrected chi connectivity index (χ4v) is 5.26. The molecule has 2 fully saturated rings.